The number of carbonyl (C=O) groups is 1. The van der Waals surface area contributed by atoms with Crippen molar-refractivity contribution in [2.24, 2.45) is 0 Å². The zero-order valence-corrected chi connectivity index (χ0v) is 18.7. The normalized spacial score (nSPS) is 15.9. The summed E-state index contributed by atoms with van der Waals surface area (Å²) in [5, 5.41) is 4.77. The molecule has 0 spiro atoms. The lowest BCUT2D eigenvalue weighted by Gasteiger charge is -2.35. The second kappa shape index (κ2) is 8.71. The summed E-state index contributed by atoms with van der Waals surface area (Å²) in [7, 11) is 0. The van der Waals surface area contributed by atoms with E-state index in [-0.39, 0.29) is 12.0 Å². The van der Waals surface area contributed by atoms with Gasteiger partial charge in [0.25, 0.3) is 0 Å². The van der Waals surface area contributed by atoms with Crippen LogP contribution in [0, 0.1) is 4.77 Å². The SMILES string of the molecule is CC(C)c1nn(CN2CCN(C(=O)OC(C)(C)C)CC2)c(=S)n1Cc1ccco1. The maximum Gasteiger partial charge on any atom is 0.410 e. The minimum Gasteiger partial charge on any atom is -0.467 e. The summed E-state index contributed by atoms with van der Waals surface area (Å²) in [6.07, 6.45) is 1.42. The standard InChI is InChI=1S/C20H31N5O3S/c1-15(2)17-21-25(18(29)24(17)13-16-7-6-12-27-16)14-22-8-10-23(11-9-22)19(26)28-20(3,4)5/h6-7,12,15H,8-11,13-14H2,1-5H3. The molecule has 1 saturated heterocycles. The van der Waals surface area contributed by atoms with Crippen LogP contribution < -0.4 is 0 Å². The minimum atomic E-state index is -0.477. The van der Waals surface area contributed by atoms with E-state index in [1.54, 1.807) is 11.2 Å². The second-order valence-electron chi connectivity index (χ2n) is 8.69. The van der Waals surface area contributed by atoms with E-state index >= 15 is 0 Å². The second-order valence-corrected chi connectivity index (χ2v) is 9.05. The Morgan fingerprint density at radius 2 is 1.97 bits per heavy atom. The molecule has 0 unspecified atom stereocenters. The Bertz CT molecular complexity index is 871. The van der Waals surface area contributed by atoms with Gasteiger partial charge in [-0.25, -0.2) is 9.48 Å². The van der Waals surface area contributed by atoms with Crippen molar-refractivity contribution < 1.29 is 13.9 Å². The molecule has 29 heavy (non-hydrogen) atoms. The quantitative estimate of drug-likeness (QED) is 0.686. The van der Waals surface area contributed by atoms with Gasteiger partial charge in [0.2, 0.25) is 0 Å². The molecule has 0 aliphatic carbocycles. The van der Waals surface area contributed by atoms with Crippen LogP contribution in [0.1, 0.15) is 52.1 Å². The van der Waals surface area contributed by atoms with Crippen LogP contribution in [0.4, 0.5) is 4.79 Å². The molecule has 3 heterocycles. The number of amides is 1. The molecule has 1 aliphatic rings. The van der Waals surface area contributed by atoms with Gasteiger partial charge in [-0.15, -0.1) is 0 Å². The molecular weight excluding hydrogens is 390 g/mol. The predicted molar refractivity (Wildman–Crippen MR) is 112 cm³/mol. The van der Waals surface area contributed by atoms with Crippen molar-refractivity contribution in [1.29, 1.82) is 0 Å². The van der Waals surface area contributed by atoms with Crippen molar-refractivity contribution in [1.82, 2.24) is 24.1 Å². The summed E-state index contributed by atoms with van der Waals surface area (Å²) in [5.41, 5.74) is -0.477. The van der Waals surface area contributed by atoms with Crippen LogP contribution in [0.15, 0.2) is 22.8 Å². The monoisotopic (exact) mass is 421 g/mol. The van der Waals surface area contributed by atoms with E-state index in [0.717, 1.165) is 24.7 Å². The van der Waals surface area contributed by atoms with E-state index in [1.807, 2.05) is 42.2 Å². The summed E-state index contributed by atoms with van der Waals surface area (Å²) in [6, 6.07) is 3.82. The zero-order chi connectivity index (χ0) is 21.2. The molecule has 0 atom stereocenters. The van der Waals surface area contributed by atoms with E-state index in [0.29, 0.717) is 31.1 Å². The number of piperazine rings is 1. The molecule has 160 valence electrons. The summed E-state index contributed by atoms with van der Waals surface area (Å²) in [4.78, 5) is 16.3. The topological polar surface area (TPSA) is 68.7 Å². The van der Waals surface area contributed by atoms with Gasteiger partial charge in [0.1, 0.15) is 17.2 Å². The molecule has 2 aromatic rings. The van der Waals surface area contributed by atoms with Gasteiger partial charge in [-0.05, 0) is 45.1 Å². The molecule has 0 N–H and O–H groups in total. The number of aromatic nitrogens is 3. The molecule has 0 aromatic carbocycles. The number of carbonyl (C=O) groups excluding carboxylic acids is 1. The number of hydrogen-bond acceptors (Lipinski definition) is 6. The fourth-order valence-corrected chi connectivity index (χ4v) is 3.53. The maximum atomic E-state index is 12.2. The summed E-state index contributed by atoms with van der Waals surface area (Å²) in [5.74, 6) is 2.05. The third kappa shape index (κ3) is 5.48. The molecule has 0 radical (unpaired) electrons. The molecule has 9 heteroatoms. The first-order valence-corrected chi connectivity index (χ1v) is 10.4. The predicted octanol–water partition coefficient (Wildman–Crippen LogP) is 3.69. The summed E-state index contributed by atoms with van der Waals surface area (Å²) in [6.45, 7) is 13.8. The van der Waals surface area contributed by atoms with Gasteiger partial charge in [-0.3, -0.25) is 9.47 Å². The first-order chi connectivity index (χ1) is 13.6. The number of nitrogens with zero attached hydrogens (tertiary/aromatic N) is 5. The zero-order valence-electron chi connectivity index (χ0n) is 17.9. The average molecular weight is 422 g/mol. The Morgan fingerprint density at radius 1 is 1.28 bits per heavy atom. The van der Waals surface area contributed by atoms with E-state index in [2.05, 4.69) is 18.7 Å². The van der Waals surface area contributed by atoms with E-state index in [9.17, 15) is 4.79 Å². The van der Waals surface area contributed by atoms with Crippen molar-refractivity contribution in [3.63, 3.8) is 0 Å². The number of hydrogen-bond donors (Lipinski definition) is 0. The number of furan rings is 1. The van der Waals surface area contributed by atoms with Gasteiger partial charge in [0, 0.05) is 32.1 Å². The molecule has 1 fully saturated rings. The third-order valence-corrected chi connectivity index (χ3v) is 5.15. The van der Waals surface area contributed by atoms with Crippen LogP contribution in [-0.2, 0) is 18.0 Å². The Morgan fingerprint density at radius 3 is 2.52 bits per heavy atom. The Hall–Kier alpha value is -2.13. The van der Waals surface area contributed by atoms with Gasteiger partial charge in [-0.2, -0.15) is 5.10 Å². The molecular formula is C20H31N5O3S. The molecule has 1 aliphatic heterocycles. The van der Waals surface area contributed by atoms with Gasteiger partial charge >= 0.3 is 6.09 Å². The lowest BCUT2D eigenvalue weighted by molar-refractivity contribution is 0.0113. The van der Waals surface area contributed by atoms with Crippen LogP contribution >= 0.6 is 12.2 Å². The fourth-order valence-electron chi connectivity index (χ4n) is 3.27. The van der Waals surface area contributed by atoms with Crippen molar-refractivity contribution in [3.8, 4) is 0 Å². The number of rotatable bonds is 5. The van der Waals surface area contributed by atoms with Crippen molar-refractivity contribution in [3.05, 3.63) is 34.8 Å². The fraction of sp³-hybridized carbons (Fsp3) is 0.650. The van der Waals surface area contributed by atoms with Gasteiger partial charge in [0.15, 0.2) is 4.77 Å². The molecule has 2 aromatic heterocycles. The first kappa shape index (κ1) is 21.6. The van der Waals surface area contributed by atoms with Crippen molar-refractivity contribution in [2.75, 3.05) is 26.2 Å². The lowest BCUT2D eigenvalue weighted by Crippen LogP contribution is -2.50. The number of ether oxygens (including phenoxy) is 1. The first-order valence-electron chi connectivity index (χ1n) is 10.0. The lowest BCUT2D eigenvalue weighted by atomic mass is 10.2. The molecule has 3 rings (SSSR count). The minimum absolute atomic E-state index is 0.247. The summed E-state index contributed by atoms with van der Waals surface area (Å²) < 4.78 is 15.5. The largest absolute Gasteiger partial charge is 0.467 e. The summed E-state index contributed by atoms with van der Waals surface area (Å²) >= 11 is 5.71. The van der Waals surface area contributed by atoms with Gasteiger partial charge in [-0.1, -0.05) is 13.8 Å². The molecule has 0 bridgehead atoms. The Labute approximate surface area is 177 Å². The third-order valence-electron chi connectivity index (χ3n) is 4.72. The Kier molecular flexibility index (Phi) is 6.48. The highest BCUT2D eigenvalue weighted by Gasteiger charge is 2.26. The van der Waals surface area contributed by atoms with Crippen LogP contribution in [0.5, 0.6) is 0 Å². The average Bonchev–Trinajstić information content (AvgIpc) is 3.24. The van der Waals surface area contributed by atoms with E-state index < -0.39 is 5.60 Å². The maximum absolute atomic E-state index is 12.2. The van der Waals surface area contributed by atoms with Gasteiger partial charge < -0.3 is 14.1 Å². The van der Waals surface area contributed by atoms with Crippen LogP contribution in [0.25, 0.3) is 0 Å². The molecule has 0 saturated carbocycles. The van der Waals surface area contributed by atoms with Crippen LogP contribution in [-0.4, -0.2) is 62.0 Å². The highest BCUT2D eigenvalue weighted by atomic mass is 32.1. The van der Waals surface area contributed by atoms with E-state index in [4.69, 9.17) is 26.5 Å². The van der Waals surface area contributed by atoms with Crippen LogP contribution in [0.3, 0.4) is 0 Å². The van der Waals surface area contributed by atoms with Gasteiger partial charge in [0.05, 0.1) is 19.5 Å². The molecule has 1 amide bonds. The highest BCUT2D eigenvalue weighted by molar-refractivity contribution is 7.71. The smallest absolute Gasteiger partial charge is 0.410 e. The Balaban J connectivity index is 1.65. The highest BCUT2D eigenvalue weighted by Crippen LogP contribution is 2.17. The van der Waals surface area contributed by atoms with Crippen molar-refractivity contribution >= 4 is 18.3 Å². The van der Waals surface area contributed by atoms with Crippen LogP contribution in [0.2, 0.25) is 0 Å². The molecule has 8 nitrogen and oxygen atoms in total. The van der Waals surface area contributed by atoms with Crippen molar-refractivity contribution in [2.45, 2.75) is 59.4 Å². The van der Waals surface area contributed by atoms with E-state index in [1.165, 1.54) is 0 Å².